The number of aryl methyl sites for hydroxylation is 1. The zero-order valence-electron chi connectivity index (χ0n) is 13.7. The van der Waals surface area contributed by atoms with E-state index in [9.17, 15) is 0 Å². The second-order valence-electron chi connectivity index (χ2n) is 5.76. The number of furan rings is 1. The van der Waals surface area contributed by atoms with Crippen LogP contribution >= 0.6 is 0 Å². The van der Waals surface area contributed by atoms with E-state index in [1.165, 1.54) is 57.8 Å². The van der Waals surface area contributed by atoms with Crippen LogP contribution in [0.4, 0.5) is 0 Å². The Morgan fingerprint density at radius 2 is 1.60 bits per heavy atom. The molecule has 0 aliphatic heterocycles. The zero-order chi connectivity index (χ0) is 14.6. The molecule has 0 radical (unpaired) electrons. The Kier molecular flexibility index (Phi) is 9.48. The Labute approximate surface area is 125 Å². The lowest BCUT2D eigenvalue weighted by Gasteiger charge is -2.13. The lowest BCUT2D eigenvalue weighted by atomic mass is 10.0. The van der Waals surface area contributed by atoms with Gasteiger partial charge in [-0.1, -0.05) is 65.2 Å². The molecule has 0 saturated heterocycles. The molecule has 0 spiro atoms. The third-order valence-electron chi connectivity index (χ3n) is 4.07. The van der Waals surface area contributed by atoms with Crippen molar-refractivity contribution in [1.82, 2.24) is 5.32 Å². The van der Waals surface area contributed by atoms with E-state index in [0.29, 0.717) is 6.04 Å². The maximum atomic E-state index is 5.85. The van der Waals surface area contributed by atoms with Gasteiger partial charge in [0.15, 0.2) is 0 Å². The Balaban J connectivity index is 2.12. The van der Waals surface area contributed by atoms with Crippen molar-refractivity contribution in [1.29, 1.82) is 0 Å². The average Bonchev–Trinajstić information content (AvgIpc) is 2.94. The maximum absolute atomic E-state index is 5.85. The summed E-state index contributed by atoms with van der Waals surface area (Å²) in [5, 5.41) is 3.38. The molecular formula is C18H33NO. The van der Waals surface area contributed by atoms with Crippen molar-refractivity contribution in [3.63, 3.8) is 0 Å². The van der Waals surface area contributed by atoms with E-state index in [1.807, 2.05) is 7.05 Å². The molecule has 20 heavy (non-hydrogen) atoms. The van der Waals surface area contributed by atoms with Gasteiger partial charge in [-0.05, 0) is 25.6 Å². The highest BCUT2D eigenvalue weighted by Crippen LogP contribution is 2.22. The van der Waals surface area contributed by atoms with Crippen LogP contribution in [-0.2, 0) is 6.42 Å². The van der Waals surface area contributed by atoms with Gasteiger partial charge in [0.2, 0.25) is 0 Å². The summed E-state index contributed by atoms with van der Waals surface area (Å²) < 4.78 is 5.85. The molecule has 0 amide bonds. The van der Waals surface area contributed by atoms with Crippen LogP contribution < -0.4 is 5.32 Å². The molecule has 1 atom stereocenters. The van der Waals surface area contributed by atoms with Crippen LogP contribution in [0.15, 0.2) is 16.5 Å². The first-order valence-electron chi connectivity index (χ1n) is 8.57. The van der Waals surface area contributed by atoms with Crippen molar-refractivity contribution in [2.24, 2.45) is 0 Å². The Morgan fingerprint density at radius 1 is 0.950 bits per heavy atom. The third-order valence-corrected chi connectivity index (χ3v) is 4.07. The van der Waals surface area contributed by atoms with Gasteiger partial charge in [0.25, 0.3) is 0 Å². The number of nitrogens with one attached hydrogen (secondary N) is 1. The van der Waals surface area contributed by atoms with E-state index in [-0.39, 0.29) is 0 Å². The van der Waals surface area contributed by atoms with Gasteiger partial charge >= 0.3 is 0 Å². The lowest BCUT2D eigenvalue weighted by Crippen LogP contribution is -2.15. The number of hydrogen-bond acceptors (Lipinski definition) is 2. The van der Waals surface area contributed by atoms with E-state index in [0.717, 1.165) is 17.9 Å². The first-order valence-corrected chi connectivity index (χ1v) is 8.57. The highest BCUT2D eigenvalue weighted by atomic mass is 16.3. The standard InChI is InChI=1S/C18H33NO/c1-4-6-7-8-9-10-11-12-13-17(19-3)18-15-14-16(5-2)20-18/h14-15,17,19H,4-13H2,1-3H3. The van der Waals surface area contributed by atoms with Crippen LogP contribution in [-0.4, -0.2) is 7.05 Å². The van der Waals surface area contributed by atoms with E-state index in [2.05, 4.69) is 31.3 Å². The Hall–Kier alpha value is -0.760. The highest BCUT2D eigenvalue weighted by molar-refractivity contribution is 5.10. The molecule has 0 aliphatic carbocycles. The highest BCUT2D eigenvalue weighted by Gasteiger charge is 2.12. The van der Waals surface area contributed by atoms with Crippen molar-refractivity contribution in [3.8, 4) is 0 Å². The molecule has 116 valence electrons. The largest absolute Gasteiger partial charge is 0.464 e. The normalized spacial score (nSPS) is 12.8. The summed E-state index contributed by atoms with van der Waals surface area (Å²) in [5.41, 5.74) is 0. The SMILES string of the molecule is CCCCCCCCCCC(NC)c1ccc(CC)o1. The molecule has 0 bridgehead atoms. The predicted octanol–water partition coefficient (Wildman–Crippen LogP) is 5.63. The van der Waals surface area contributed by atoms with Crippen LogP contribution in [0.1, 0.15) is 89.2 Å². The minimum atomic E-state index is 0.385. The number of rotatable bonds is 12. The number of hydrogen-bond donors (Lipinski definition) is 1. The van der Waals surface area contributed by atoms with E-state index >= 15 is 0 Å². The van der Waals surface area contributed by atoms with Crippen LogP contribution in [0.3, 0.4) is 0 Å². The van der Waals surface area contributed by atoms with Gasteiger partial charge in [-0.25, -0.2) is 0 Å². The fourth-order valence-electron chi connectivity index (χ4n) is 2.68. The summed E-state index contributed by atoms with van der Waals surface area (Å²) in [6, 6.07) is 4.62. The summed E-state index contributed by atoms with van der Waals surface area (Å²) in [6.07, 6.45) is 13.2. The van der Waals surface area contributed by atoms with Gasteiger partial charge < -0.3 is 9.73 Å². The van der Waals surface area contributed by atoms with E-state index in [1.54, 1.807) is 0 Å². The number of unbranched alkanes of at least 4 members (excludes halogenated alkanes) is 7. The zero-order valence-corrected chi connectivity index (χ0v) is 13.7. The molecule has 1 N–H and O–H groups in total. The van der Waals surface area contributed by atoms with Gasteiger partial charge in [0.1, 0.15) is 11.5 Å². The minimum Gasteiger partial charge on any atom is -0.464 e. The van der Waals surface area contributed by atoms with Crippen molar-refractivity contribution in [3.05, 3.63) is 23.7 Å². The Bertz CT molecular complexity index is 332. The molecule has 1 heterocycles. The molecule has 1 aromatic heterocycles. The second-order valence-corrected chi connectivity index (χ2v) is 5.76. The third kappa shape index (κ3) is 6.60. The van der Waals surface area contributed by atoms with Gasteiger partial charge in [-0.15, -0.1) is 0 Å². The second kappa shape index (κ2) is 11.0. The summed E-state index contributed by atoms with van der Waals surface area (Å²) in [4.78, 5) is 0. The molecule has 2 nitrogen and oxygen atoms in total. The molecule has 0 fully saturated rings. The van der Waals surface area contributed by atoms with Crippen molar-refractivity contribution in [2.45, 2.75) is 84.1 Å². The molecule has 2 heteroatoms. The predicted molar refractivity (Wildman–Crippen MR) is 87.1 cm³/mol. The van der Waals surface area contributed by atoms with Crippen molar-refractivity contribution < 1.29 is 4.42 Å². The first-order chi connectivity index (χ1) is 9.81. The van der Waals surface area contributed by atoms with Crippen LogP contribution in [0, 0.1) is 0 Å². The molecule has 0 saturated carbocycles. The van der Waals surface area contributed by atoms with Crippen molar-refractivity contribution in [2.75, 3.05) is 7.05 Å². The molecule has 0 aromatic carbocycles. The summed E-state index contributed by atoms with van der Waals surface area (Å²) >= 11 is 0. The van der Waals surface area contributed by atoms with Gasteiger partial charge in [-0.2, -0.15) is 0 Å². The van der Waals surface area contributed by atoms with Crippen LogP contribution in [0.2, 0.25) is 0 Å². The van der Waals surface area contributed by atoms with E-state index in [4.69, 9.17) is 4.42 Å². The fourth-order valence-corrected chi connectivity index (χ4v) is 2.68. The maximum Gasteiger partial charge on any atom is 0.121 e. The van der Waals surface area contributed by atoms with E-state index < -0.39 is 0 Å². The summed E-state index contributed by atoms with van der Waals surface area (Å²) in [6.45, 7) is 4.41. The molecule has 1 aromatic rings. The summed E-state index contributed by atoms with van der Waals surface area (Å²) in [7, 11) is 2.03. The van der Waals surface area contributed by atoms with Crippen molar-refractivity contribution >= 4 is 0 Å². The van der Waals surface area contributed by atoms with Crippen LogP contribution in [0.5, 0.6) is 0 Å². The smallest absolute Gasteiger partial charge is 0.121 e. The molecule has 1 unspecified atom stereocenters. The first kappa shape index (κ1) is 17.3. The Morgan fingerprint density at radius 3 is 2.15 bits per heavy atom. The topological polar surface area (TPSA) is 25.2 Å². The molecule has 0 aliphatic rings. The van der Waals surface area contributed by atoms with Gasteiger partial charge in [0.05, 0.1) is 6.04 Å². The van der Waals surface area contributed by atoms with Crippen LogP contribution in [0.25, 0.3) is 0 Å². The fraction of sp³-hybridized carbons (Fsp3) is 0.778. The average molecular weight is 279 g/mol. The monoisotopic (exact) mass is 279 g/mol. The lowest BCUT2D eigenvalue weighted by molar-refractivity contribution is 0.385. The summed E-state index contributed by atoms with van der Waals surface area (Å²) in [5.74, 6) is 2.20. The van der Waals surface area contributed by atoms with Gasteiger partial charge in [0, 0.05) is 6.42 Å². The molecular weight excluding hydrogens is 246 g/mol. The molecule has 1 rings (SSSR count). The quantitative estimate of drug-likeness (QED) is 0.501. The minimum absolute atomic E-state index is 0.385. The van der Waals surface area contributed by atoms with Gasteiger partial charge in [-0.3, -0.25) is 0 Å².